The molecule has 0 bridgehead atoms. The lowest BCUT2D eigenvalue weighted by Crippen LogP contribution is -2.19. The van der Waals surface area contributed by atoms with Gasteiger partial charge in [0.15, 0.2) is 5.75 Å². The molecule has 0 aromatic carbocycles. The average molecular weight is 311 g/mol. The number of alkyl halides is 4. The molecule has 0 fully saturated rings. The molecule has 0 aliphatic rings. The van der Waals surface area contributed by atoms with Gasteiger partial charge in [0.25, 0.3) is 0 Å². The minimum Gasteiger partial charge on any atom is -0.481 e. The number of aromatic nitrogens is 1. The van der Waals surface area contributed by atoms with Crippen LogP contribution in [0.4, 0.5) is 17.6 Å². The van der Waals surface area contributed by atoms with Crippen LogP contribution in [-0.2, 0) is 22.6 Å². The van der Waals surface area contributed by atoms with Crippen LogP contribution in [0, 0.1) is 0 Å². The number of carbonyl (C=O) groups excluding carboxylic acids is 1. The maximum absolute atomic E-state index is 12.7. The van der Waals surface area contributed by atoms with E-state index >= 15 is 0 Å². The molecule has 1 aromatic rings. The second kappa shape index (κ2) is 7.09. The number of ether oxygens (including phenoxy) is 3. The molecule has 0 aliphatic heterocycles. The summed E-state index contributed by atoms with van der Waals surface area (Å²) in [7, 11) is 1.20. The molecule has 0 saturated carbocycles. The molecule has 0 saturated heterocycles. The smallest absolute Gasteiger partial charge is 0.481 e. The van der Waals surface area contributed by atoms with Crippen molar-refractivity contribution in [2.45, 2.75) is 26.4 Å². The van der Waals surface area contributed by atoms with Gasteiger partial charge in [0, 0.05) is 5.56 Å². The van der Waals surface area contributed by atoms with Gasteiger partial charge >= 0.3 is 12.3 Å². The van der Waals surface area contributed by atoms with Gasteiger partial charge in [0.2, 0.25) is 5.88 Å². The van der Waals surface area contributed by atoms with Gasteiger partial charge in [0.05, 0.1) is 20.1 Å². The van der Waals surface area contributed by atoms with Crippen molar-refractivity contribution in [2.75, 3.05) is 13.7 Å². The Morgan fingerprint density at radius 1 is 1.38 bits per heavy atom. The van der Waals surface area contributed by atoms with Gasteiger partial charge in [-0.1, -0.05) is 0 Å². The van der Waals surface area contributed by atoms with Gasteiger partial charge in [-0.2, -0.15) is 0 Å². The van der Waals surface area contributed by atoms with E-state index in [4.69, 9.17) is 4.74 Å². The second-order valence-corrected chi connectivity index (χ2v) is 3.76. The Morgan fingerprint density at radius 3 is 2.52 bits per heavy atom. The standard InChI is InChI=1S/C12H13F4NO4/c1-3-20-10(18)5-7-4-9(21-12(14,15)16)8(6-13)17-11(7)19-2/h4H,3,5-6H2,1-2H3. The zero-order valence-corrected chi connectivity index (χ0v) is 11.3. The fourth-order valence-electron chi connectivity index (χ4n) is 1.53. The Balaban J connectivity index is 3.16. The number of halogens is 4. The molecule has 1 rings (SSSR count). The summed E-state index contributed by atoms with van der Waals surface area (Å²) in [5.74, 6) is -1.65. The summed E-state index contributed by atoms with van der Waals surface area (Å²) in [5, 5.41) is 0. The van der Waals surface area contributed by atoms with Crippen LogP contribution < -0.4 is 9.47 Å². The topological polar surface area (TPSA) is 57.7 Å². The largest absolute Gasteiger partial charge is 0.573 e. The molecule has 0 radical (unpaired) electrons. The van der Waals surface area contributed by atoms with E-state index in [1.807, 2.05) is 0 Å². The fourth-order valence-corrected chi connectivity index (χ4v) is 1.53. The molecule has 0 aliphatic carbocycles. The van der Waals surface area contributed by atoms with Crippen molar-refractivity contribution < 1.29 is 36.6 Å². The van der Waals surface area contributed by atoms with E-state index in [0.717, 1.165) is 6.07 Å². The van der Waals surface area contributed by atoms with E-state index in [0.29, 0.717) is 0 Å². The second-order valence-electron chi connectivity index (χ2n) is 3.76. The number of carbonyl (C=O) groups is 1. The summed E-state index contributed by atoms with van der Waals surface area (Å²) in [6, 6.07) is 0.866. The monoisotopic (exact) mass is 311 g/mol. The van der Waals surface area contributed by atoms with Crippen LogP contribution in [0.15, 0.2) is 6.07 Å². The molecule has 1 aromatic heterocycles. The van der Waals surface area contributed by atoms with Gasteiger partial charge in [-0.05, 0) is 13.0 Å². The maximum atomic E-state index is 12.7. The molecule has 0 amide bonds. The molecular weight excluding hydrogens is 298 g/mol. The predicted molar refractivity (Wildman–Crippen MR) is 62.6 cm³/mol. The van der Waals surface area contributed by atoms with Gasteiger partial charge < -0.3 is 14.2 Å². The predicted octanol–water partition coefficient (Wildman–Crippen LogP) is 2.56. The zero-order valence-electron chi connectivity index (χ0n) is 11.3. The van der Waals surface area contributed by atoms with E-state index < -0.39 is 30.4 Å². The third-order valence-electron chi connectivity index (χ3n) is 2.29. The van der Waals surface area contributed by atoms with E-state index in [1.165, 1.54) is 7.11 Å². The lowest BCUT2D eigenvalue weighted by Gasteiger charge is -2.14. The minimum absolute atomic E-state index is 0.00685. The number of pyridine rings is 1. The van der Waals surface area contributed by atoms with Crippen molar-refractivity contribution in [3.63, 3.8) is 0 Å². The van der Waals surface area contributed by atoms with E-state index in [2.05, 4.69) is 14.5 Å². The molecule has 0 unspecified atom stereocenters. The van der Waals surface area contributed by atoms with Crippen LogP contribution >= 0.6 is 0 Å². The van der Waals surface area contributed by atoms with Crippen molar-refractivity contribution in [3.05, 3.63) is 17.3 Å². The number of rotatable bonds is 6. The Hall–Kier alpha value is -2.06. The Labute approximate surface area is 117 Å². The quantitative estimate of drug-likeness (QED) is 0.597. The van der Waals surface area contributed by atoms with Crippen molar-refractivity contribution in [2.24, 2.45) is 0 Å². The molecule has 5 nitrogen and oxygen atoms in total. The SMILES string of the molecule is CCOC(=O)Cc1cc(OC(F)(F)F)c(CF)nc1OC. The Morgan fingerprint density at radius 2 is 2.05 bits per heavy atom. The molecule has 0 atom stereocenters. The number of esters is 1. The van der Waals surface area contributed by atoms with Gasteiger partial charge in [-0.25, -0.2) is 9.37 Å². The fraction of sp³-hybridized carbons (Fsp3) is 0.500. The van der Waals surface area contributed by atoms with E-state index in [9.17, 15) is 22.4 Å². The highest BCUT2D eigenvalue weighted by atomic mass is 19.4. The Bertz CT molecular complexity index is 505. The number of hydrogen-bond acceptors (Lipinski definition) is 5. The summed E-state index contributed by atoms with van der Waals surface area (Å²) < 4.78 is 62.7. The van der Waals surface area contributed by atoms with E-state index in [1.54, 1.807) is 6.92 Å². The van der Waals surface area contributed by atoms with Crippen molar-refractivity contribution >= 4 is 5.97 Å². The van der Waals surface area contributed by atoms with Gasteiger partial charge in [-0.3, -0.25) is 4.79 Å². The molecule has 21 heavy (non-hydrogen) atoms. The highest BCUT2D eigenvalue weighted by Gasteiger charge is 2.33. The number of nitrogens with zero attached hydrogens (tertiary/aromatic N) is 1. The zero-order chi connectivity index (χ0) is 16.0. The first-order chi connectivity index (χ1) is 9.80. The third kappa shape index (κ3) is 5.09. The molecular formula is C12H13F4NO4. The minimum atomic E-state index is -5.00. The summed E-state index contributed by atoms with van der Waals surface area (Å²) in [5.41, 5.74) is -0.566. The summed E-state index contributed by atoms with van der Waals surface area (Å²) in [6.07, 6.45) is -5.37. The van der Waals surface area contributed by atoms with Crippen LogP contribution in [0.1, 0.15) is 18.2 Å². The molecule has 118 valence electrons. The normalized spacial score (nSPS) is 11.1. The van der Waals surface area contributed by atoms with Gasteiger partial charge in [-0.15, -0.1) is 13.2 Å². The van der Waals surface area contributed by atoms with Crippen molar-refractivity contribution in [3.8, 4) is 11.6 Å². The Kier molecular flexibility index (Phi) is 5.74. The van der Waals surface area contributed by atoms with Crippen LogP contribution in [0.3, 0.4) is 0 Å². The lowest BCUT2D eigenvalue weighted by atomic mass is 10.1. The summed E-state index contributed by atoms with van der Waals surface area (Å²) >= 11 is 0. The van der Waals surface area contributed by atoms with E-state index in [-0.39, 0.29) is 24.5 Å². The van der Waals surface area contributed by atoms with Crippen molar-refractivity contribution in [1.82, 2.24) is 4.98 Å². The molecule has 9 heteroatoms. The van der Waals surface area contributed by atoms with Crippen LogP contribution in [0.25, 0.3) is 0 Å². The first kappa shape index (κ1) is 17.0. The lowest BCUT2D eigenvalue weighted by molar-refractivity contribution is -0.275. The summed E-state index contributed by atoms with van der Waals surface area (Å²) in [4.78, 5) is 15.0. The molecule has 1 heterocycles. The van der Waals surface area contributed by atoms with Crippen LogP contribution in [0.5, 0.6) is 11.6 Å². The third-order valence-corrected chi connectivity index (χ3v) is 2.29. The molecule has 0 spiro atoms. The number of hydrogen-bond donors (Lipinski definition) is 0. The van der Waals surface area contributed by atoms with Gasteiger partial charge in [0.1, 0.15) is 12.4 Å². The number of methoxy groups -OCH3 is 1. The maximum Gasteiger partial charge on any atom is 0.573 e. The highest BCUT2D eigenvalue weighted by Crippen LogP contribution is 2.31. The molecule has 0 N–H and O–H groups in total. The highest BCUT2D eigenvalue weighted by molar-refractivity contribution is 5.73. The summed E-state index contributed by atoms with van der Waals surface area (Å²) in [6.45, 7) is 0.419. The van der Waals surface area contributed by atoms with Crippen molar-refractivity contribution in [1.29, 1.82) is 0 Å². The average Bonchev–Trinajstić information content (AvgIpc) is 2.37. The first-order valence-electron chi connectivity index (χ1n) is 5.84. The first-order valence-corrected chi connectivity index (χ1v) is 5.84. The van der Waals surface area contributed by atoms with Crippen LogP contribution in [0.2, 0.25) is 0 Å². The van der Waals surface area contributed by atoms with Crippen LogP contribution in [-0.4, -0.2) is 31.0 Å².